The lowest BCUT2D eigenvalue weighted by molar-refractivity contribution is 0.451. The Morgan fingerprint density at radius 3 is 1.81 bits per heavy atom. The first kappa shape index (κ1) is 18.4. The van der Waals surface area contributed by atoms with Crippen LogP contribution >= 0.6 is 0 Å². The van der Waals surface area contributed by atoms with Gasteiger partial charge in [0.1, 0.15) is 11.5 Å². The predicted molar refractivity (Wildman–Crippen MR) is 101 cm³/mol. The lowest BCUT2D eigenvalue weighted by atomic mass is 9.85. The summed E-state index contributed by atoms with van der Waals surface area (Å²) in [7, 11) is 3.18. The van der Waals surface area contributed by atoms with Crippen molar-refractivity contribution in [1.82, 2.24) is 14.1 Å². The maximum absolute atomic E-state index is 13.0. The van der Waals surface area contributed by atoms with Gasteiger partial charge in [-0.1, -0.05) is 6.07 Å². The van der Waals surface area contributed by atoms with Crippen LogP contribution in [0.2, 0.25) is 0 Å². The zero-order valence-electron chi connectivity index (χ0n) is 15.6. The number of nitrogens with zero attached hydrogens (tertiary/aromatic N) is 3. The van der Waals surface area contributed by atoms with E-state index in [9.17, 15) is 19.8 Å². The summed E-state index contributed by atoms with van der Waals surface area (Å²) < 4.78 is 2.79. The molecule has 0 saturated carbocycles. The summed E-state index contributed by atoms with van der Waals surface area (Å²) in [6, 6.07) is 6.31. The topological polar surface area (TPSA) is 97.4 Å². The quantitative estimate of drug-likeness (QED) is 0.734. The van der Waals surface area contributed by atoms with E-state index in [2.05, 4.69) is 4.98 Å². The van der Waals surface area contributed by atoms with Gasteiger partial charge in [-0.3, -0.25) is 14.6 Å². The molecule has 0 bridgehead atoms. The SMILES string of the molecule is Cc1cc(O)c(C(c2cccnc2)c2c(O)cc(C)n(C)c2=O)c(=O)n1C. The van der Waals surface area contributed by atoms with E-state index >= 15 is 0 Å². The van der Waals surface area contributed by atoms with Gasteiger partial charge in [-0.05, 0) is 37.6 Å². The molecule has 3 rings (SSSR count). The molecule has 0 unspecified atom stereocenters. The van der Waals surface area contributed by atoms with Crippen LogP contribution in [0.4, 0.5) is 0 Å². The zero-order valence-corrected chi connectivity index (χ0v) is 15.6. The number of hydrogen-bond acceptors (Lipinski definition) is 5. The molecule has 0 aliphatic heterocycles. The predicted octanol–water partition coefficient (Wildman–Crippen LogP) is 1.69. The van der Waals surface area contributed by atoms with Crippen LogP contribution in [-0.4, -0.2) is 24.3 Å². The standard InChI is InChI=1S/C20H21N3O4/c1-11-8-14(24)17(19(26)22(11)3)16(13-6-5-7-21-10-13)18-15(25)9-12(2)23(4)20(18)27/h5-10,16,24-25H,1-4H3. The fraction of sp³-hybridized carbons (Fsp3) is 0.250. The molecule has 3 aromatic heterocycles. The van der Waals surface area contributed by atoms with Crippen molar-refractivity contribution in [1.29, 1.82) is 0 Å². The van der Waals surface area contributed by atoms with Gasteiger partial charge < -0.3 is 19.3 Å². The number of aryl methyl sites for hydroxylation is 2. The number of aromatic nitrogens is 3. The molecule has 3 heterocycles. The van der Waals surface area contributed by atoms with Crippen molar-refractivity contribution in [3.8, 4) is 11.5 Å². The van der Waals surface area contributed by atoms with E-state index in [4.69, 9.17) is 0 Å². The van der Waals surface area contributed by atoms with Crippen molar-refractivity contribution >= 4 is 0 Å². The largest absolute Gasteiger partial charge is 0.507 e. The number of pyridine rings is 3. The summed E-state index contributed by atoms with van der Waals surface area (Å²) >= 11 is 0. The second kappa shape index (κ2) is 6.75. The Morgan fingerprint density at radius 1 is 0.926 bits per heavy atom. The minimum atomic E-state index is -0.961. The molecule has 140 valence electrons. The number of rotatable bonds is 3. The van der Waals surface area contributed by atoms with Crippen molar-refractivity contribution in [2.75, 3.05) is 0 Å². The molecule has 0 amide bonds. The third kappa shape index (κ3) is 3.01. The molecular weight excluding hydrogens is 346 g/mol. The Hall–Kier alpha value is -3.35. The number of hydrogen-bond donors (Lipinski definition) is 2. The Labute approximate surface area is 155 Å². The monoisotopic (exact) mass is 367 g/mol. The summed E-state index contributed by atoms with van der Waals surface area (Å²) in [6.45, 7) is 3.40. The highest BCUT2D eigenvalue weighted by Gasteiger charge is 2.30. The molecule has 0 radical (unpaired) electrons. The van der Waals surface area contributed by atoms with Gasteiger partial charge in [-0.2, -0.15) is 0 Å². The molecule has 7 nitrogen and oxygen atoms in total. The average molecular weight is 367 g/mol. The second-order valence-electron chi connectivity index (χ2n) is 6.62. The first-order chi connectivity index (χ1) is 12.7. The van der Waals surface area contributed by atoms with E-state index < -0.39 is 17.0 Å². The highest BCUT2D eigenvalue weighted by Crippen LogP contribution is 2.37. The van der Waals surface area contributed by atoms with Crippen LogP contribution in [-0.2, 0) is 14.1 Å². The van der Waals surface area contributed by atoms with Gasteiger partial charge in [0.05, 0.1) is 17.0 Å². The fourth-order valence-corrected chi connectivity index (χ4v) is 3.21. The van der Waals surface area contributed by atoms with Gasteiger partial charge in [0.15, 0.2) is 0 Å². The zero-order chi connectivity index (χ0) is 19.9. The van der Waals surface area contributed by atoms with Crippen molar-refractivity contribution in [3.05, 3.63) is 85.4 Å². The summed E-state index contributed by atoms with van der Waals surface area (Å²) in [4.78, 5) is 30.0. The van der Waals surface area contributed by atoms with Crippen LogP contribution < -0.4 is 11.1 Å². The van der Waals surface area contributed by atoms with Gasteiger partial charge in [-0.25, -0.2) is 0 Å². The van der Waals surface area contributed by atoms with Crippen LogP contribution in [0.3, 0.4) is 0 Å². The smallest absolute Gasteiger partial charge is 0.258 e. The summed E-state index contributed by atoms with van der Waals surface area (Å²) in [6.07, 6.45) is 3.09. The normalized spacial score (nSPS) is 11.1. The molecule has 7 heteroatoms. The molecule has 0 aliphatic rings. The molecule has 3 aromatic rings. The Morgan fingerprint density at radius 2 is 1.41 bits per heavy atom. The summed E-state index contributed by atoms with van der Waals surface area (Å²) in [5, 5.41) is 21.1. The van der Waals surface area contributed by atoms with Gasteiger partial charge in [-0.15, -0.1) is 0 Å². The molecule has 27 heavy (non-hydrogen) atoms. The molecule has 0 aromatic carbocycles. The lowest BCUT2D eigenvalue weighted by Crippen LogP contribution is -2.30. The summed E-state index contributed by atoms with van der Waals surface area (Å²) in [5.74, 6) is -1.42. The van der Waals surface area contributed by atoms with Crippen LogP contribution in [0.25, 0.3) is 0 Å². The summed E-state index contributed by atoms with van der Waals surface area (Å²) in [5.41, 5.74) is 0.830. The van der Waals surface area contributed by atoms with Crippen molar-refractivity contribution in [2.45, 2.75) is 19.8 Å². The minimum Gasteiger partial charge on any atom is -0.507 e. The maximum Gasteiger partial charge on any atom is 0.258 e. The van der Waals surface area contributed by atoms with Gasteiger partial charge in [0.25, 0.3) is 11.1 Å². The average Bonchev–Trinajstić information content (AvgIpc) is 2.64. The second-order valence-corrected chi connectivity index (χ2v) is 6.62. The molecule has 0 fully saturated rings. The molecule has 0 spiro atoms. The van der Waals surface area contributed by atoms with Crippen molar-refractivity contribution in [3.63, 3.8) is 0 Å². The van der Waals surface area contributed by atoms with E-state index in [1.165, 1.54) is 27.5 Å². The van der Waals surface area contributed by atoms with Crippen molar-refractivity contribution < 1.29 is 10.2 Å². The van der Waals surface area contributed by atoms with Crippen LogP contribution in [0, 0.1) is 13.8 Å². The fourth-order valence-electron chi connectivity index (χ4n) is 3.21. The third-order valence-electron chi connectivity index (χ3n) is 4.97. The van der Waals surface area contributed by atoms with Crippen LogP contribution in [0.5, 0.6) is 11.5 Å². The van der Waals surface area contributed by atoms with Gasteiger partial charge in [0.2, 0.25) is 0 Å². The molecule has 0 saturated heterocycles. The molecule has 2 N–H and O–H groups in total. The van der Waals surface area contributed by atoms with E-state index in [0.717, 1.165) is 0 Å². The van der Waals surface area contributed by atoms with E-state index in [1.807, 2.05) is 0 Å². The van der Waals surface area contributed by atoms with Crippen LogP contribution in [0.1, 0.15) is 34.0 Å². The van der Waals surface area contributed by atoms with Crippen LogP contribution in [0.15, 0.2) is 46.2 Å². The Balaban J connectivity index is 2.46. The first-order valence-electron chi connectivity index (χ1n) is 8.43. The highest BCUT2D eigenvalue weighted by atomic mass is 16.3. The van der Waals surface area contributed by atoms with E-state index in [1.54, 1.807) is 46.3 Å². The third-order valence-corrected chi connectivity index (χ3v) is 4.97. The number of aromatic hydroxyl groups is 2. The lowest BCUT2D eigenvalue weighted by Gasteiger charge is -2.21. The van der Waals surface area contributed by atoms with Gasteiger partial charge in [0, 0.05) is 37.9 Å². The van der Waals surface area contributed by atoms with Gasteiger partial charge >= 0.3 is 0 Å². The minimum absolute atomic E-state index is 0.0207. The maximum atomic E-state index is 13.0. The van der Waals surface area contributed by atoms with Crippen molar-refractivity contribution in [2.24, 2.45) is 14.1 Å². The highest BCUT2D eigenvalue weighted by molar-refractivity contribution is 5.51. The van der Waals surface area contributed by atoms with E-state index in [-0.39, 0.29) is 22.6 Å². The Bertz CT molecular complexity index is 1060. The molecular formula is C20H21N3O4. The molecule has 0 atom stereocenters. The Kier molecular flexibility index (Phi) is 4.61. The first-order valence-corrected chi connectivity index (χ1v) is 8.43. The van der Waals surface area contributed by atoms with E-state index in [0.29, 0.717) is 17.0 Å². The molecule has 0 aliphatic carbocycles.